The summed E-state index contributed by atoms with van der Waals surface area (Å²) < 4.78 is 17.9. The van der Waals surface area contributed by atoms with Gasteiger partial charge < -0.3 is 19.5 Å². The van der Waals surface area contributed by atoms with Crippen LogP contribution in [-0.4, -0.2) is 58.5 Å². The zero-order chi connectivity index (χ0) is 24.9. The minimum absolute atomic E-state index is 0.122. The zero-order valence-corrected chi connectivity index (χ0v) is 21.0. The molecule has 1 saturated carbocycles. The predicted octanol–water partition coefficient (Wildman–Crippen LogP) is 3.68. The third kappa shape index (κ3) is 5.28. The first kappa shape index (κ1) is 24.4. The van der Waals surface area contributed by atoms with Crippen molar-refractivity contribution >= 4 is 17.0 Å². The van der Waals surface area contributed by atoms with Crippen LogP contribution in [0.2, 0.25) is 0 Å². The summed E-state index contributed by atoms with van der Waals surface area (Å²) in [4.78, 5) is 31.8. The van der Waals surface area contributed by atoms with Gasteiger partial charge in [-0.25, -0.2) is 15.0 Å². The molecule has 10 heteroatoms. The molecule has 3 aromatic rings. The van der Waals surface area contributed by atoms with E-state index in [2.05, 4.69) is 15.3 Å². The van der Waals surface area contributed by atoms with Crippen LogP contribution in [0.3, 0.4) is 0 Å². The Labute approximate surface area is 210 Å². The smallest absolute Gasteiger partial charge is 0.319 e. The van der Waals surface area contributed by atoms with E-state index in [9.17, 15) is 4.79 Å². The number of nitrogens with zero attached hydrogens (tertiary/aromatic N) is 5. The Morgan fingerprint density at radius 2 is 1.81 bits per heavy atom. The molecule has 1 aliphatic carbocycles. The topological polar surface area (TPSA) is 113 Å². The summed E-state index contributed by atoms with van der Waals surface area (Å²) in [7, 11) is 3.05. The van der Waals surface area contributed by atoms with Gasteiger partial charge in [-0.2, -0.15) is 4.98 Å². The Morgan fingerprint density at radius 3 is 2.56 bits per heavy atom. The Morgan fingerprint density at radius 1 is 1.00 bits per heavy atom. The molecule has 1 saturated heterocycles. The van der Waals surface area contributed by atoms with Gasteiger partial charge in [0.2, 0.25) is 5.88 Å². The summed E-state index contributed by atoms with van der Waals surface area (Å²) >= 11 is 0. The standard InChI is InChI=1S/C26H34N6O4/c1-34-24-19(15-28-26(31-24)35-2)20-8-9-21-23(30-20)32(16-18-6-4-3-5-7-18)25(33)22(29-21)27-14-17-10-12-36-13-11-17/h8-9,15,17-18H,3-7,10-14,16H2,1-2H3,(H,27,29). The van der Waals surface area contributed by atoms with E-state index in [0.717, 1.165) is 38.9 Å². The molecule has 0 atom stereocenters. The van der Waals surface area contributed by atoms with E-state index in [-0.39, 0.29) is 11.6 Å². The second kappa shape index (κ2) is 11.2. The van der Waals surface area contributed by atoms with Gasteiger partial charge in [0.15, 0.2) is 11.5 Å². The maximum absolute atomic E-state index is 13.7. The van der Waals surface area contributed by atoms with Crippen LogP contribution < -0.4 is 20.3 Å². The van der Waals surface area contributed by atoms with Gasteiger partial charge in [-0.15, -0.1) is 0 Å². The zero-order valence-electron chi connectivity index (χ0n) is 21.0. The molecule has 2 fully saturated rings. The number of ether oxygens (including phenoxy) is 3. The van der Waals surface area contributed by atoms with E-state index in [0.29, 0.717) is 59.0 Å². The summed E-state index contributed by atoms with van der Waals surface area (Å²) in [5.74, 6) is 1.68. The molecular formula is C26H34N6O4. The number of hydrogen-bond acceptors (Lipinski definition) is 9. The number of hydrogen-bond donors (Lipinski definition) is 1. The third-order valence-electron chi connectivity index (χ3n) is 7.24. The highest BCUT2D eigenvalue weighted by Crippen LogP contribution is 2.30. The molecule has 0 bridgehead atoms. The van der Waals surface area contributed by atoms with E-state index < -0.39 is 0 Å². The van der Waals surface area contributed by atoms with Crippen LogP contribution in [0.25, 0.3) is 22.4 Å². The van der Waals surface area contributed by atoms with Crippen molar-refractivity contribution in [3.05, 3.63) is 28.7 Å². The Kier molecular flexibility index (Phi) is 7.60. The molecule has 2 aliphatic rings. The van der Waals surface area contributed by atoms with Crippen LogP contribution in [0.5, 0.6) is 11.9 Å². The van der Waals surface area contributed by atoms with Crippen molar-refractivity contribution in [2.75, 3.05) is 39.3 Å². The second-order valence-corrected chi connectivity index (χ2v) is 9.64. The largest absolute Gasteiger partial charge is 0.480 e. The van der Waals surface area contributed by atoms with Gasteiger partial charge in [-0.3, -0.25) is 9.36 Å². The van der Waals surface area contributed by atoms with Gasteiger partial charge in [0.05, 0.1) is 25.5 Å². The lowest BCUT2D eigenvalue weighted by Crippen LogP contribution is -2.31. The van der Waals surface area contributed by atoms with Gasteiger partial charge in [-0.1, -0.05) is 19.3 Å². The average Bonchev–Trinajstić information content (AvgIpc) is 2.94. The van der Waals surface area contributed by atoms with Crippen molar-refractivity contribution < 1.29 is 14.2 Å². The van der Waals surface area contributed by atoms with E-state index >= 15 is 0 Å². The summed E-state index contributed by atoms with van der Waals surface area (Å²) in [6.07, 6.45) is 9.54. The number of nitrogens with one attached hydrogen (secondary N) is 1. The van der Waals surface area contributed by atoms with Crippen LogP contribution in [0.15, 0.2) is 23.1 Å². The van der Waals surface area contributed by atoms with Crippen LogP contribution in [-0.2, 0) is 11.3 Å². The molecule has 36 heavy (non-hydrogen) atoms. The number of anilines is 1. The molecular weight excluding hydrogens is 460 g/mol. The highest BCUT2D eigenvalue weighted by molar-refractivity contribution is 5.77. The monoisotopic (exact) mass is 494 g/mol. The lowest BCUT2D eigenvalue weighted by atomic mass is 9.89. The first-order chi connectivity index (χ1) is 17.7. The van der Waals surface area contributed by atoms with Crippen LogP contribution in [0.4, 0.5) is 5.82 Å². The Balaban J connectivity index is 1.54. The number of aromatic nitrogens is 5. The van der Waals surface area contributed by atoms with Crippen LogP contribution >= 0.6 is 0 Å². The van der Waals surface area contributed by atoms with E-state index in [1.165, 1.54) is 26.4 Å². The normalized spacial score (nSPS) is 17.3. The number of methoxy groups -OCH3 is 2. The molecule has 4 heterocycles. The highest BCUT2D eigenvalue weighted by atomic mass is 16.5. The minimum atomic E-state index is -0.122. The van der Waals surface area contributed by atoms with Crippen molar-refractivity contribution in [2.45, 2.75) is 51.5 Å². The summed E-state index contributed by atoms with van der Waals surface area (Å²) in [5.41, 5.74) is 2.36. The molecule has 0 aromatic carbocycles. The molecule has 0 amide bonds. The van der Waals surface area contributed by atoms with Crippen LogP contribution in [0.1, 0.15) is 44.9 Å². The van der Waals surface area contributed by atoms with Gasteiger partial charge in [0, 0.05) is 32.5 Å². The first-order valence-corrected chi connectivity index (χ1v) is 12.8. The maximum Gasteiger partial charge on any atom is 0.319 e. The summed E-state index contributed by atoms with van der Waals surface area (Å²) in [6.45, 7) is 2.90. The quantitative estimate of drug-likeness (QED) is 0.501. The molecule has 0 unspecified atom stereocenters. The molecule has 0 spiro atoms. The van der Waals surface area contributed by atoms with Crippen molar-refractivity contribution in [3.63, 3.8) is 0 Å². The van der Waals surface area contributed by atoms with Gasteiger partial charge >= 0.3 is 6.01 Å². The van der Waals surface area contributed by atoms with Crippen molar-refractivity contribution in [1.29, 1.82) is 0 Å². The molecule has 1 N–H and O–H groups in total. The van der Waals surface area contributed by atoms with E-state index in [1.54, 1.807) is 13.3 Å². The maximum atomic E-state index is 13.7. The van der Waals surface area contributed by atoms with Gasteiger partial charge in [0.1, 0.15) is 5.52 Å². The number of fused-ring (bicyclic) bond motifs is 1. The molecule has 0 radical (unpaired) electrons. The fraction of sp³-hybridized carbons (Fsp3) is 0.577. The lowest BCUT2D eigenvalue weighted by Gasteiger charge is -2.24. The average molecular weight is 495 g/mol. The van der Waals surface area contributed by atoms with Crippen molar-refractivity contribution in [3.8, 4) is 23.1 Å². The fourth-order valence-electron chi connectivity index (χ4n) is 5.15. The predicted molar refractivity (Wildman–Crippen MR) is 137 cm³/mol. The van der Waals surface area contributed by atoms with Crippen molar-refractivity contribution in [2.24, 2.45) is 11.8 Å². The van der Waals surface area contributed by atoms with E-state index in [1.807, 2.05) is 16.7 Å². The fourth-order valence-corrected chi connectivity index (χ4v) is 5.15. The van der Waals surface area contributed by atoms with Gasteiger partial charge in [0.25, 0.3) is 5.56 Å². The van der Waals surface area contributed by atoms with Crippen molar-refractivity contribution in [1.82, 2.24) is 24.5 Å². The number of pyridine rings is 1. The molecule has 10 nitrogen and oxygen atoms in total. The Hall–Kier alpha value is -3.27. The molecule has 5 rings (SSSR count). The summed E-state index contributed by atoms with van der Waals surface area (Å²) in [5, 5.41) is 3.35. The molecule has 3 aromatic heterocycles. The van der Waals surface area contributed by atoms with Crippen LogP contribution in [0, 0.1) is 11.8 Å². The molecule has 192 valence electrons. The molecule has 1 aliphatic heterocycles. The lowest BCUT2D eigenvalue weighted by molar-refractivity contribution is 0.0699. The highest BCUT2D eigenvalue weighted by Gasteiger charge is 2.21. The summed E-state index contributed by atoms with van der Waals surface area (Å²) in [6, 6.07) is 3.98. The second-order valence-electron chi connectivity index (χ2n) is 9.64. The Bertz CT molecular complexity index is 1250. The SMILES string of the molecule is COc1ncc(-c2ccc3nc(NCC4CCOCC4)c(=O)n(CC4CCCCC4)c3n2)c(OC)n1. The van der Waals surface area contributed by atoms with E-state index in [4.69, 9.17) is 24.2 Å². The number of rotatable bonds is 8. The minimum Gasteiger partial charge on any atom is -0.480 e. The van der Waals surface area contributed by atoms with Gasteiger partial charge in [-0.05, 0) is 49.7 Å². The first-order valence-electron chi connectivity index (χ1n) is 12.8. The third-order valence-corrected chi connectivity index (χ3v) is 7.24.